The zero-order valence-corrected chi connectivity index (χ0v) is 14.1. The molecule has 1 unspecified atom stereocenters. The van der Waals surface area contributed by atoms with Gasteiger partial charge in [-0.05, 0) is 24.6 Å². The zero-order chi connectivity index (χ0) is 15.8. The van der Waals surface area contributed by atoms with E-state index < -0.39 is 7.60 Å². The van der Waals surface area contributed by atoms with Gasteiger partial charge in [0.2, 0.25) is 0 Å². The maximum atomic E-state index is 12.0. The summed E-state index contributed by atoms with van der Waals surface area (Å²) in [5, 5.41) is 0.232. The van der Waals surface area contributed by atoms with E-state index in [0.29, 0.717) is 5.75 Å². The van der Waals surface area contributed by atoms with Crippen LogP contribution in [0.3, 0.4) is 0 Å². The molecular weight excluding hydrogens is 319 g/mol. The minimum atomic E-state index is -3.90. The maximum absolute atomic E-state index is 12.0. The summed E-state index contributed by atoms with van der Waals surface area (Å²) in [6.45, 7) is 2.17. The van der Waals surface area contributed by atoms with Crippen molar-refractivity contribution < 1.29 is 19.0 Å². The van der Waals surface area contributed by atoms with Crippen molar-refractivity contribution in [3.63, 3.8) is 0 Å². The number of thioether (sulfide) groups is 1. The van der Waals surface area contributed by atoms with Crippen molar-refractivity contribution in [2.75, 3.05) is 12.4 Å². The van der Waals surface area contributed by atoms with Gasteiger partial charge in [-0.1, -0.05) is 48.0 Å². The first-order chi connectivity index (χ1) is 10.6. The lowest BCUT2D eigenvalue weighted by molar-refractivity contribution is -0.205. The average Bonchev–Trinajstić information content (AvgIpc) is 2.52. The van der Waals surface area contributed by atoms with E-state index in [2.05, 4.69) is 12.1 Å². The van der Waals surface area contributed by atoms with E-state index in [1.165, 1.54) is 5.56 Å². The molecule has 1 atom stereocenters. The fourth-order valence-corrected chi connectivity index (χ4v) is 3.33. The van der Waals surface area contributed by atoms with Crippen molar-refractivity contribution in [1.82, 2.24) is 0 Å². The molecule has 0 aliphatic heterocycles. The largest absolute Gasteiger partial charge is 0.385 e. The highest BCUT2D eigenvalue weighted by molar-refractivity contribution is 7.98. The second-order valence-corrected chi connectivity index (χ2v) is 7.60. The molecule has 0 fully saturated rings. The third kappa shape index (κ3) is 5.59. The summed E-state index contributed by atoms with van der Waals surface area (Å²) in [5.41, 5.74) is 2.25. The standard InChI is InChI=1S/C16H19O4PS/c1-14-7-9-16(10-8-14)21(17,18)20-19-11-12-22-13-15-5-3-2-4-6-15/h2-10H,11-13H2,1H3,(H,17,18). The first kappa shape index (κ1) is 17.3. The van der Waals surface area contributed by atoms with Crippen molar-refractivity contribution in [3.05, 3.63) is 65.7 Å². The smallest absolute Gasteiger partial charge is 0.319 e. The second-order valence-electron chi connectivity index (χ2n) is 4.79. The van der Waals surface area contributed by atoms with Crippen LogP contribution in [0.25, 0.3) is 0 Å². The number of hydrogen-bond acceptors (Lipinski definition) is 4. The van der Waals surface area contributed by atoms with Gasteiger partial charge in [-0.3, -0.25) is 4.57 Å². The minimum absolute atomic E-state index is 0.232. The summed E-state index contributed by atoms with van der Waals surface area (Å²) in [4.78, 5) is 14.7. The fourth-order valence-electron chi connectivity index (χ4n) is 1.74. The lowest BCUT2D eigenvalue weighted by Gasteiger charge is -2.11. The molecule has 0 aliphatic rings. The summed E-state index contributed by atoms with van der Waals surface area (Å²) in [7, 11) is -3.90. The molecule has 0 spiro atoms. The maximum Gasteiger partial charge on any atom is 0.385 e. The summed E-state index contributed by atoms with van der Waals surface area (Å²) in [5.74, 6) is 1.56. The minimum Gasteiger partial charge on any atom is -0.319 e. The molecule has 22 heavy (non-hydrogen) atoms. The molecule has 0 saturated heterocycles. The quantitative estimate of drug-likeness (QED) is 0.344. The molecule has 0 bridgehead atoms. The Morgan fingerprint density at radius 1 is 1.09 bits per heavy atom. The van der Waals surface area contributed by atoms with Crippen LogP contribution < -0.4 is 5.30 Å². The highest BCUT2D eigenvalue weighted by Crippen LogP contribution is 2.40. The van der Waals surface area contributed by atoms with Crippen molar-refractivity contribution in [2.45, 2.75) is 12.7 Å². The third-order valence-corrected chi connectivity index (χ3v) is 5.19. The molecule has 0 saturated carbocycles. The predicted octanol–water partition coefficient (Wildman–Crippen LogP) is 3.69. The number of rotatable bonds is 8. The molecule has 0 aromatic heterocycles. The molecule has 0 aliphatic carbocycles. The predicted molar refractivity (Wildman–Crippen MR) is 90.3 cm³/mol. The zero-order valence-electron chi connectivity index (χ0n) is 12.3. The Morgan fingerprint density at radius 3 is 2.45 bits per heavy atom. The number of benzene rings is 2. The first-order valence-corrected chi connectivity index (χ1v) is 9.64. The summed E-state index contributed by atoms with van der Waals surface area (Å²) >= 11 is 1.68. The Labute approximate surface area is 134 Å². The third-order valence-electron chi connectivity index (χ3n) is 2.94. The van der Waals surface area contributed by atoms with Gasteiger partial charge in [-0.25, -0.2) is 4.89 Å². The topological polar surface area (TPSA) is 55.8 Å². The van der Waals surface area contributed by atoms with Crippen LogP contribution in [-0.2, 0) is 19.9 Å². The van der Waals surface area contributed by atoms with Crippen molar-refractivity contribution >= 4 is 24.7 Å². The van der Waals surface area contributed by atoms with Gasteiger partial charge in [0.15, 0.2) is 0 Å². The lowest BCUT2D eigenvalue weighted by atomic mass is 10.2. The molecular formula is C16H19O4PS. The second kappa shape index (κ2) is 8.51. The van der Waals surface area contributed by atoms with Crippen LogP contribution in [-0.4, -0.2) is 17.3 Å². The highest BCUT2D eigenvalue weighted by atomic mass is 32.2. The van der Waals surface area contributed by atoms with Gasteiger partial charge in [0, 0.05) is 11.5 Å². The number of aryl methyl sites for hydroxylation is 1. The summed E-state index contributed by atoms with van der Waals surface area (Å²) < 4.78 is 16.7. The van der Waals surface area contributed by atoms with Gasteiger partial charge < -0.3 is 4.89 Å². The molecule has 6 heteroatoms. The lowest BCUT2D eigenvalue weighted by Crippen LogP contribution is -2.08. The molecule has 2 aromatic rings. The Bertz CT molecular complexity index is 616. The van der Waals surface area contributed by atoms with E-state index in [1.807, 2.05) is 25.1 Å². The van der Waals surface area contributed by atoms with E-state index in [0.717, 1.165) is 11.3 Å². The Morgan fingerprint density at radius 2 is 1.77 bits per heavy atom. The van der Waals surface area contributed by atoms with Crippen LogP contribution in [0.1, 0.15) is 11.1 Å². The van der Waals surface area contributed by atoms with Gasteiger partial charge in [0.25, 0.3) is 0 Å². The summed E-state index contributed by atoms with van der Waals surface area (Å²) in [6.07, 6.45) is 0. The van der Waals surface area contributed by atoms with Crippen LogP contribution in [0.2, 0.25) is 0 Å². The van der Waals surface area contributed by atoms with Crippen molar-refractivity contribution in [2.24, 2.45) is 0 Å². The Hall–Kier alpha value is -1.10. The van der Waals surface area contributed by atoms with Crippen LogP contribution in [0, 0.1) is 6.92 Å². The molecule has 4 nitrogen and oxygen atoms in total. The van der Waals surface area contributed by atoms with E-state index >= 15 is 0 Å². The molecule has 0 heterocycles. The average molecular weight is 338 g/mol. The highest BCUT2D eigenvalue weighted by Gasteiger charge is 2.23. The number of hydrogen-bond donors (Lipinski definition) is 1. The van der Waals surface area contributed by atoms with E-state index in [-0.39, 0.29) is 11.9 Å². The van der Waals surface area contributed by atoms with Crippen LogP contribution in [0.15, 0.2) is 54.6 Å². The van der Waals surface area contributed by atoms with Crippen LogP contribution >= 0.6 is 19.4 Å². The van der Waals surface area contributed by atoms with Gasteiger partial charge in [-0.15, -0.1) is 4.67 Å². The van der Waals surface area contributed by atoms with E-state index in [4.69, 9.17) is 9.56 Å². The van der Waals surface area contributed by atoms with E-state index in [1.54, 1.807) is 36.0 Å². The van der Waals surface area contributed by atoms with Gasteiger partial charge in [0.05, 0.1) is 11.9 Å². The normalized spacial score (nSPS) is 13.7. The van der Waals surface area contributed by atoms with Gasteiger partial charge >= 0.3 is 7.60 Å². The SMILES string of the molecule is Cc1ccc(P(=O)(O)OOCCSCc2ccccc2)cc1. The summed E-state index contributed by atoms with van der Waals surface area (Å²) in [6, 6.07) is 16.8. The van der Waals surface area contributed by atoms with Crippen LogP contribution in [0.4, 0.5) is 0 Å². The van der Waals surface area contributed by atoms with Crippen LogP contribution in [0.5, 0.6) is 0 Å². The van der Waals surface area contributed by atoms with Crippen molar-refractivity contribution in [3.8, 4) is 0 Å². The Kier molecular flexibility index (Phi) is 6.68. The van der Waals surface area contributed by atoms with E-state index in [9.17, 15) is 9.46 Å². The Balaban J connectivity index is 1.67. The fraction of sp³-hybridized carbons (Fsp3) is 0.250. The monoisotopic (exact) mass is 338 g/mol. The molecule has 0 amide bonds. The molecule has 118 valence electrons. The molecule has 1 N–H and O–H groups in total. The van der Waals surface area contributed by atoms with Crippen molar-refractivity contribution in [1.29, 1.82) is 0 Å². The molecule has 0 radical (unpaired) electrons. The first-order valence-electron chi connectivity index (χ1n) is 6.91. The van der Waals surface area contributed by atoms with Gasteiger partial charge in [-0.2, -0.15) is 11.8 Å². The molecule has 2 rings (SSSR count). The van der Waals surface area contributed by atoms with Gasteiger partial charge in [0.1, 0.15) is 0 Å². The molecule has 2 aromatic carbocycles.